The summed E-state index contributed by atoms with van der Waals surface area (Å²) < 4.78 is 5.24. The molecule has 3 nitrogen and oxygen atoms in total. The molecule has 0 bridgehead atoms. The van der Waals surface area contributed by atoms with Gasteiger partial charge in [0.1, 0.15) is 13.4 Å². The minimum Gasteiger partial charge on any atom is -0.464 e. The summed E-state index contributed by atoms with van der Waals surface area (Å²) in [6.07, 6.45) is 1.70. The van der Waals surface area contributed by atoms with E-state index < -0.39 is 11.4 Å². The molecule has 1 aromatic heterocycles. The van der Waals surface area contributed by atoms with Crippen LogP contribution >= 0.6 is 0 Å². The normalized spacial score (nSPS) is 16.8. The molecule has 0 amide bonds. The molecule has 2 rings (SSSR count). The van der Waals surface area contributed by atoms with Crippen molar-refractivity contribution >= 4 is 34.5 Å². The standard InChI is InChI=1S/C11H10B3NO2/c12-6-15-10(13)11(14,16)8-2-1-7-3-4-17-9(7)5-8/h1-5,10,15-16H,6H2. The molecule has 2 unspecified atom stereocenters. The van der Waals surface area contributed by atoms with Crippen molar-refractivity contribution in [2.45, 2.75) is 11.4 Å². The lowest BCUT2D eigenvalue weighted by atomic mass is 9.63. The topological polar surface area (TPSA) is 45.4 Å². The van der Waals surface area contributed by atoms with E-state index in [1.54, 1.807) is 24.5 Å². The van der Waals surface area contributed by atoms with E-state index in [0.29, 0.717) is 11.1 Å². The van der Waals surface area contributed by atoms with E-state index in [4.69, 9.17) is 28.0 Å². The first-order valence-corrected chi connectivity index (χ1v) is 5.23. The zero-order chi connectivity index (χ0) is 12.5. The van der Waals surface area contributed by atoms with Gasteiger partial charge < -0.3 is 14.8 Å². The summed E-state index contributed by atoms with van der Waals surface area (Å²) in [7, 11) is 16.8. The van der Waals surface area contributed by atoms with E-state index in [0.717, 1.165) is 5.39 Å². The van der Waals surface area contributed by atoms with Gasteiger partial charge in [0.25, 0.3) is 0 Å². The second kappa shape index (κ2) is 4.63. The van der Waals surface area contributed by atoms with Crippen LogP contribution < -0.4 is 5.32 Å². The van der Waals surface area contributed by atoms with Crippen LogP contribution in [-0.4, -0.2) is 41.0 Å². The van der Waals surface area contributed by atoms with Crippen molar-refractivity contribution in [2.75, 3.05) is 6.44 Å². The molecule has 0 saturated carbocycles. The van der Waals surface area contributed by atoms with Crippen molar-refractivity contribution in [1.82, 2.24) is 5.32 Å². The zero-order valence-corrected chi connectivity index (χ0v) is 9.26. The first-order valence-electron chi connectivity index (χ1n) is 5.23. The number of fused-ring (bicyclic) bond motifs is 1. The summed E-state index contributed by atoms with van der Waals surface area (Å²) >= 11 is 0. The molecule has 0 aliphatic heterocycles. The van der Waals surface area contributed by atoms with Gasteiger partial charge in [0.15, 0.2) is 0 Å². The molecule has 17 heavy (non-hydrogen) atoms. The third kappa shape index (κ3) is 2.28. The van der Waals surface area contributed by atoms with Gasteiger partial charge in [-0.2, -0.15) is 0 Å². The number of rotatable bonds is 4. The van der Waals surface area contributed by atoms with Crippen LogP contribution in [0.3, 0.4) is 0 Å². The second-order valence-corrected chi connectivity index (χ2v) is 3.88. The molecular weight excluding hydrogens is 211 g/mol. The van der Waals surface area contributed by atoms with Crippen molar-refractivity contribution < 1.29 is 9.52 Å². The number of furan rings is 1. The molecule has 0 saturated heterocycles. The average Bonchev–Trinajstić information content (AvgIpc) is 2.76. The average molecular weight is 221 g/mol. The van der Waals surface area contributed by atoms with E-state index in [2.05, 4.69) is 5.32 Å². The molecule has 0 fully saturated rings. The molecule has 6 radical (unpaired) electrons. The maximum Gasteiger partial charge on any atom is 0.134 e. The Kier molecular flexibility index (Phi) is 3.36. The highest BCUT2D eigenvalue weighted by Gasteiger charge is 2.28. The van der Waals surface area contributed by atoms with Crippen LogP contribution in [-0.2, 0) is 5.50 Å². The Morgan fingerprint density at radius 2 is 2.18 bits per heavy atom. The predicted molar refractivity (Wildman–Crippen MR) is 69.2 cm³/mol. The lowest BCUT2D eigenvalue weighted by Crippen LogP contribution is -2.50. The first-order chi connectivity index (χ1) is 8.05. The van der Waals surface area contributed by atoms with Gasteiger partial charge >= 0.3 is 0 Å². The van der Waals surface area contributed by atoms with Crippen molar-refractivity contribution in [3.05, 3.63) is 36.1 Å². The smallest absolute Gasteiger partial charge is 0.134 e. The minimum absolute atomic E-state index is 0.129. The van der Waals surface area contributed by atoms with Crippen LogP contribution in [0.2, 0.25) is 0 Å². The van der Waals surface area contributed by atoms with Gasteiger partial charge in [-0.15, -0.1) is 0 Å². The molecule has 80 valence electrons. The molecule has 6 heteroatoms. The highest BCUT2D eigenvalue weighted by atomic mass is 16.3. The Morgan fingerprint density at radius 3 is 2.88 bits per heavy atom. The maximum absolute atomic E-state index is 10.2. The minimum atomic E-state index is -1.71. The Morgan fingerprint density at radius 1 is 1.41 bits per heavy atom. The third-order valence-corrected chi connectivity index (χ3v) is 2.73. The monoisotopic (exact) mass is 221 g/mol. The number of aliphatic hydroxyl groups is 1. The van der Waals surface area contributed by atoms with E-state index in [1.165, 1.54) is 0 Å². The summed E-state index contributed by atoms with van der Waals surface area (Å²) in [5.74, 6) is -0.861. The number of hydrogen-bond acceptors (Lipinski definition) is 3. The fourth-order valence-electron chi connectivity index (χ4n) is 1.67. The van der Waals surface area contributed by atoms with E-state index in [1.807, 2.05) is 6.07 Å². The summed E-state index contributed by atoms with van der Waals surface area (Å²) in [4.78, 5) is 0. The van der Waals surface area contributed by atoms with Crippen molar-refractivity contribution in [2.24, 2.45) is 0 Å². The van der Waals surface area contributed by atoms with Crippen molar-refractivity contribution in [3.63, 3.8) is 0 Å². The number of nitrogens with one attached hydrogen (secondary N) is 1. The molecule has 1 heterocycles. The molecule has 0 aliphatic carbocycles. The third-order valence-electron chi connectivity index (χ3n) is 2.73. The lowest BCUT2D eigenvalue weighted by molar-refractivity contribution is 0.113. The van der Waals surface area contributed by atoms with Crippen molar-refractivity contribution in [1.29, 1.82) is 0 Å². The fourth-order valence-corrected chi connectivity index (χ4v) is 1.67. The maximum atomic E-state index is 10.2. The van der Waals surface area contributed by atoms with Gasteiger partial charge in [0.2, 0.25) is 0 Å². The Balaban J connectivity index is 2.36. The van der Waals surface area contributed by atoms with Gasteiger partial charge in [-0.25, -0.2) is 0 Å². The number of benzene rings is 1. The zero-order valence-electron chi connectivity index (χ0n) is 9.26. The highest BCUT2D eigenvalue weighted by Crippen LogP contribution is 2.25. The van der Waals surface area contributed by atoms with Gasteiger partial charge in [-0.05, 0) is 30.1 Å². The summed E-state index contributed by atoms with van der Waals surface area (Å²) in [5, 5.41) is 13.8. The van der Waals surface area contributed by atoms with Crippen molar-refractivity contribution in [3.8, 4) is 0 Å². The van der Waals surface area contributed by atoms with Crippen LogP contribution in [0.1, 0.15) is 5.56 Å². The molecular formula is C11H10B3NO2. The van der Waals surface area contributed by atoms with E-state index in [-0.39, 0.29) is 6.44 Å². The van der Waals surface area contributed by atoms with Crippen LogP contribution in [0.4, 0.5) is 0 Å². The molecule has 1 aromatic carbocycles. The number of hydrogen-bond donors (Lipinski definition) is 2. The van der Waals surface area contributed by atoms with Crippen LogP contribution in [0, 0.1) is 0 Å². The Hall–Kier alpha value is -1.13. The van der Waals surface area contributed by atoms with Gasteiger partial charge in [-0.3, -0.25) is 0 Å². The van der Waals surface area contributed by atoms with Gasteiger partial charge in [0, 0.05) is 5.39 Å². The van der Waals surface area contributed by atoms with Gasteiger partial charge in [-0.1, -0.05) is 12.1 Å². The van der Waals surface area contributed by atoms with Crippen LogP contribution in [0.5, 0.6) is 0 Å². The predicted octanol–water partition coefficient (Wildman–Crippen LogP) is -0.0434. The molecule has 2 aromatic rings. The largest absolute Gasteiger partial charge is 0.464 e. The SMILES string of the molecule is [B]CNC([B])C([B])(O)c1ccc2ccoc2c1. The first kappa shape index (κ1) is 12.3. The second-order valence-electron chi connectivity index (χ2n) is 3.88. The Bertz CT molecular complexity index is 512. The highest BCUT2D eigenvalue weighted by molar-refractivity contribution is 6.23. The van der Waals surface area contributed by atoms with Crippen LogP contribution in [0.25, 0.3) is 11.0 Å². The molecule has 0 aliphatic rings. The van der Waals surface area contributed by atoms with Crippen LogP contribution in [0.15, 0.2) is 34.9 Å². The fraction of sp³-hybridized carbons (Fsp3) is 0.273. The summed E-state index contributed by atoms with van der Waals surface area (Å²) in [5.41, 5.74) is -0.597. The molecule has 2 N–H and O–H groups in total. The lowest BCUT2D eigenvalue weighted by Gasteiger charge is -2.32. The molecule has 0 spiro atoms. The van der Waals surface area contributed by atoms with E-state index >= 15 is 0 Å². The summed E-state index contributed by atoms with van der Waals surface area (Å²) in [6.45, 7) is 0. The quantitative estimate of drug-likeness (QED) is 0.711. The molecule has 2 atom stereocenters. The summed E-state index contributed by atoms with van der Waals surface area (Å²) in [6, 6.07) is 7.00. The van der Waals surface area contributed by atoms with E-state index in [9.17, 15) is 5.11 Å². The van der Waals surface area contributed by atoms with Gasteiger partial charge in [0.05, 0.1) is 27.5 Å². The Labute approximate surface area is 104 Å².